The van der Waals surface area contributed by atoms with Crippen molar-refractivity contribution < 1.29 is 62.0 Å². The number of aliphatic hydroxyl groups is 2. The van der Waals surface area contributed by atoms with Crippen molar-refractivity contribution in [3.05, 3.63) is 199 Å². The molecule has 2 saturated carbocycles. The average Bonchev–Trinajstić information content (AvgIpc) is 1.63. The second kappa shape index (κ2) is 33.4. The number of pyridine rings is 2. The van der Waals surface area contributed by atoms with Crippen LogP contribution >= 0.6 is 19.4 Å². The Hall–Kier alpha value is -7.01. The van der Waals surface area contributed by atoms with Crippen molar-refractivity contribution in [2.45, 2.75) is 80.4 Å². The number of allylic oxidation sites excluding steroid dienone is 4. The molecule has 87 heavy (non-hydrogen) atoms. The van der Waals surface area contributed by atoms with Crippen LogP contribution in [0.25, 0.3) is 0 Å². The van der Waals surface area contributed by atoms with Crippen LogP contribution in [0.4, 0.5) is 11.4 Å². The van der Waals surface area contributed by atoms with Crippen LogP contribution in [0.5, 0.6) is 0 Å². The fourth-order valence-corrected chi connectivity index (χ4v) is 14.0. The Labute approximate surface area is 525 Å². The normalized spacial score (nSPS) is 22.5. The van der Waals surface area contributed by atoms with Crippen LogP contribution in [0.3, 0.4) is 0 Å². The van der Waals surface area contributed by atoms with Gasteiger partial charge in [0.2, 0.25) is 23.6 Å². The van der Waals surface area contributed by atoms with E-state index >= 15 is 0 Å². The first-order valence-corrected chi connectivity index (χ1v) is 34.5. The molecule has 3 aliphatic heterocycles. The smallest absolute Gasteiger partial charge is 0.0267 e. The molecule has 5 heterocycles. The summed E-state index contributed by atoms with van der Waals surface area (Å²) in [7, 11) is 11.3. The number of hydrogen-bond donors (Lipinski definition) is 2. The second-order valence-electron chi connectivity index (χ2n) is 22.2. The first-order valence-electron chi connectivity index (χ1n) is 29.0. The first kappa shape index (κ1) is 69.1. The zero-order chi connectivity index (χ0) is 63.5. The van der Waals surface area contributed by atoms with Gasteiger partial charge in [-0.15, -0.1) is 13.2 Å². The van der Waals surface area contributed by atoms with E-state index in [4.69, 9.17) is 39.1 Å². The van der Waals surface area contributed by atoms with E-state index in [1.807, 2.05) is 83.5 Å². The maximum absolute atomic E-state index is 12.5. The number of aliphatic hydroxyl groups excluding tert-OH is 2. The van der Waals surface area contributed by atoms with E-state index in [0.717, 1.165) is 30.0 Å². The Kier molecular flexibility index (Phi) is 26.5. The van der Waals surface area contributed by atoms with Crippen molar-refractivity contribution in [3.8, 4) is 0 Å². The molecular weight excluding hydrogens is 1230 g/mol. The third-order valence-electron chi connectivity index (χ3n) is 15.8. The van der Waals surface area contributed by atoms with Crippen molar-refractivity contribution in [2.24, 2.45) is 47.3 Å². The van der Waals surface area contributed by atoms with Gasteiger partial charge in [-0.05, 0) is 138 Å². The number of ether oxygens (including phenoxy) is 2. The van der Waals surface area contributed by atoms with Gasteiger partial charge in [0.05, 0.1) is 36.8 Å². The van der Waals surface area contributed by atoms with Gasteiger partial charge < -0.3 is 29.5 Å². The van der Waals surface area contributed by atoms with Gasteiger partial charge in [0.25, 0.3) is 0 Å². The molecule has 16 nitrogen and oxygen atoms in total. The standard InChI is InChI=1S/C21H27N2.C16H21NO5.C14H17NO5.C7H6.2C5H5N.2ClH.Ru/c1-14-9-16(3)20(17(4)10-14)22-7-8-23(13-22)21-18(5)11-15(2)12-19(21)6;1-4-10-8-11(5-2)13-12(10)14(19)17(15(13)20)6-7-22-16(21)9(3)18;1-7(16)14(19)20-5-4-15-12(17)10-8-2-3-9(6-8)11(10)13(15)18;1-7-5-3-2-4-6-7;2*1-2-4-6-5-3-1;;;/h9-13H,7-8H2,1-6H3;4-5,9-13,18H,1-2,6-8H2,3H3;2-3,7-11,16H,4-6H2,1H3;1-6H;2*1-5H;2*1H;/q-1;;;;;;;;+2/p-2/t;;7?,8?,9?,10-,11+;;;;;;. The molecule has 2 aromatic heterocycles. The van der Waals surface area contributed by atoms with E-state index in [0.29, 0.717) is 6.42 Å². The molecule has 0 spiro atoms. The number of hydrogen-bond acceptors (Lipinski definition) is 14. The Morgan fingerprint density at radius 1 is 0.598 bits per heavy atom. The van der Waals surface area contributed by atoms with Gasteiger partial charge in [-0.1, -0.05) is 71.8 Å². The summed E-state index contributed by atoms with van der Waals surface area (Å²) < 4.78 is 11.5. The number of fused-ring (bicyclic) bond motifs is 6. The number of amides is 4. The van der Waals surface area contributed by atoms with Crippen LogP contribution in [0.15, 0.2) is 153 Å². The minimum atomic E-state index is -1.61. The third-order valence-corrected chi connectivity index (χ3v) is 17.6. The number of benzene rings is 3. The molecule has 3 saturated heterocycles. The molecule has 11 rings (SSSR count). The summed E-state index contributed by atoms with van der Waals surface area (Å²) in [6.45, 7) is 27.6. The number of rotatable bonds is 13. The van der Waals surface area contributed by atoms with Gasteiger partial charge in [-0.2, -0.15) is 6.67 Å². The molecule has 0 radical (unpaired) electrons. The summed E-state index contributed by atoms with van der Waals surface area (Å²) in [5, 5.41) is 18.0. The van der Waals surface area contributed by atoms with Gasteiger partial charge >= 0.3 is 85.3 Å². The van der Waals surface area contributed by atoms with E-state index < -0.39 is 37.7 Å². The maximum atomic E-state index is 12.5. The Balaban J connectivity index is 0.000000178. The van der Waals surface area contributed by atoms with E-state index in [-0.39, 0.29) is 97.3 Å². The number of anilines is 2. The molecule has 3 aliphatic carbocycles. The molecule has 3 aromatic carbocycles. The molecule has 19 heteroatoms. The summed E-state index contributed by atoms with van der Waals surface area (Å²) >= 11 is -1.61. The largest absolute Gasteiger partial charge is 0.265 e. The molecule has 5 fully saturated rings. The summed E-state index contributed by atoms with van der Waals surface area (Å²) in [4.78, 5) is 86.5. The monoisotopic (exact) mass is 1310 g/mol. The van der Waals surface area contributed by atoms with Crippen molar-refractivity contribution >= 4 is 70.9 Å². The number of aromatic nitrogens is 2. The molecule has 466 valence electrons. The van der Waals surface area contributed by atoms with Crippen LogP contribution in [0.2, 0.25) is 0 Å². The summed E-state index contributed by atoms with van der Waals surface area (Å²) in [6.07, 6.45) is 13.7. The number of halogens is 2. The molecular formula is C68H81Cl2N6O10Ru-. The average molecular weight is 1310 g/mol. The van der Waals surface area contributed by atoms with Gasteiger partial charge in [0.1, 0.15) is 25.4 Å². The number of likely N-dealkylation sites (tertiary alicyclic amines) is 2. The summed E-state index contributed by atoms with van der Waals surface area (Å²) in [5.41, 5.74) is 12.0. The number of carbonyl (C=O) groups excluding carboxylic acids is 6. The topological polar surface area (TPSA) is 200 Å². The van der Waals surface area contributed by atoms with Crippen molar-refractivity contribution in [1.29, 1.82) is 0 Å². The maximum Gasteiger partial charge on any atom is 0.0267 e. The van der Waals surface area contributed by atoms with Crippen LogP contribution in [-0.2, 0) is 51.8 Å². The molecule has 2 bridgehead atoms. The number of imide groups is 2. The van der Waals surface area contributed by atoms with Gasteiger partial charge in [-0.3, -0.25) is 38.9 Å². The molecule has 5 aromatic rings. The van der Waals surface area contributed by atoms with Crippen molar-refractivity contribution in [3.63, 3.8) is 0 Å². The molecule has 4 amide bonds. The van der Waals surface area contributed by atoms with E-state index in [2.05, 4.69) is 105 Å². The number of esters is 2. The predicted molar refractivity (Wildman–Crippen MR) is 337 cm³/mol. The Morgan fingerprint density at radius 2 is 0.954 bits per heavy atom. The van der Waals surface area contributed by atoms with Gasteiger partial charge in [-0.25, -0.2) is 9.59 Å². The molecule has 8 unspecified atom stereocenters. The van der Waals surface area contributed by atoms with Crippen LogP contribution in [0.1, 0.15) is 65.6 Å². The SMILES string of the molecule is C=CC1CC(C=C)C2C(=O)N(CCOC(=O)C(C)O)C(=O)C12.CC(O)C(=O)OCCN1C(=O)[C@@H]2C3C=CC(C3)[C@@H]2C1=O.Cc1cc(C)c(N2[CH-]N(c3c(C)cc(C)cc3C)CC2)c(C)c1.[Cl][Ru]([Cl])=[CH]c1ccccc1.c1ccncc1.c1ccncc1. The Morgan fingerprint density at radius 3 is 1.26 bits per heavy atom. The van der Waals surface area contributed by atoms with Crippen LogP contribution in [-0.4, -0.2) is 122 Å². The van der Waals surface area contributed by atoms with Gasteiger partial charge in [0, 0.05) is 49.3 Å². The van der Waals surface area contributed by atoms with Crippen molar-refractivity contribution in [2.75, 3.05) is 49.2 Å². The van der Waals surface area contributed by atoms with E-state index in [9.17, 15) is 28.8 Å². The summed E-state index contributed by atoms with van der Waals surface area (Å²) in [6, 6.07) is 30.4. The van der Waals surface area contributed by atoms with Crippen molar-refractivity contribution in [1.82, 2.24) is 19.8 Å². The molecule has 10 atom stereocenters. The fraction of sp³-hybridized carbons (Fsp3) is 0.382. The summed E-state index contributed by atoms with van der Waals surface area (Å²) in [5.74, 6) is -3.19. The quantitative estimate of drug-likeness (QED) is 0.0371. The zero-order valence-corrected chi connectivity index (χ0v) is 54.0. The minimum absolute atomic E-state index is 0.0108. The third kappa shape index (κ3) is 18.5. The van der Waals surface area contributed by atoms with Crippen LogP contribution in [0, 0.1) is 95.6 Å². The van der Waals surface area contributed by atoms with Gasteiger partial charge in [0.15, 0.2) is 0 Å². The van der Waals surface area contributed by atoms with E-state index in [1.165, 1.54) is 63.5 Å². The number of aryl methyl sites for hydroxylation is 6. The second-order valence-corrected chi connectivity index (χ2v) is 27.9. The Bertz CT molecular complexity index is 2980. The fourth-order valence-electron chi connectivity index (χ4n) is 12.2. The number of nitrogens with zero attached hydrogens (tertiary/aromatic N) is 6. The molecule has 2 N–H and O–H groups in total. The predicted octanol–water partition coefficient (Wildman–Crippen LogP) is 10.1. The minimum Gasteiger partial charge on any atom is -0.265 e. The van der Waals surface area contributed by atoms with Crippen LogP contribution < -0.4 is 9.80 Å². The zero-order valence-electron chi connectivity index (χ0n) is 50.7. The number of carbonyl (C=O) groups is 6. The molecule has 6 aliphatic rings. The van der Waals surface area contributed by atoms with E-state index in [1.54, 1.807) is 36.9 Å². The first-order chi connectivity index (χ1) is 41.6.